The van der Waals surface area contributed by atoms with Crippen LogP contribution in [0.25, 0.3) is 92.6 Å². The summed E-state index contributed by atoms with van der Waals surface area (Å²) < 4.78 is 4.83. The van der Waals surface area contributed by atoms with Crippen molar-refractivity contribution in [3.63, 3.8) is 0 Å². The first-order valence-corrected chi connectivity index (χ1v) is 16.9. The summed E-state index contributed by atoms with van der Waals surface area (Å²) in [4.78, 5) is 15.5. The van der Waals surface area contributed by atoms with Gasteiger partial charge < -0.3 is 4.57 Å². The number of fused-ring (bicyclic) bond motifs is 8. The van der Waals surface area contributed by atoms with Crippen LogP contribution in [0.3, 0.4) is 0 Å². The summed E-state index contributed by atoms with van der Waals surface area (Å²) in [5, 5.41) is 7.33. The van der Waals surface area contributed by atoms with E-state index in [1.54, 1.807) is 0 Å². The lowest BCUT2D eigenvalue weighted by Gasteiger charge is -2.11. The zero-order chi connectivity index (χ0) is 31.6. The molecule has 10 aromatic rings. The van der Waals surface area contributed by atoms with E-state index in [0.717, 1.165) is 27.9 Å². The van der Waals surface area contributed by atoms with Gasteiger partial charge in [0, 0.05) is 53.3 Å². The lowest BCUT2D eigenvalue weighted by Crippen LogP contribution is -2.00. The number of hydrogen-bond donors (Lipinski definition) is 0. The van der Waals surface area contributed by atoms with Gasteiger partial charge in [-0.25, -0.2) is 15.0 Å². The van der Waals surface area contributed by atoms with Crippen LogP contribution >= 0.6 is 11.3 Å². The average Bonchev–Trinajstić information content (AvgIpc) is 3.71. The predicted molar refractivity (Wildman–Crippen MR) is 201 cm³/mol. The Morgan fingerprint density at radius 3 is 1.96 bits per heavy atom. The summed E-state index contributed by atoms with van der Waals surface area (Å²) in [6, 6.07) is 55.4. The number of benzene rings is 7. The highest BCUT2D eigenvalue weighted by Gasteiger charge is 2.19. The van der Waals surface area contributed by atoms with Gasteiger partial charge in [0.1, 0.15) is 0 Å². The van der Waals surface area contributed by atoms with Gasteiger partial charge >= 0.3 is 0 Å². The van der Waals surface area contributed by atoms with Crippen LogP contribution in [0.4, 0.5) is 0 Å². The second-order valence-corrected chi connectivity index (χ2v) is 13.1. The molecule has 0 radical (unpaired) electrons. The smallest absolute Gasteiger partial charge is 0.164 e. The Kier molecular flexibility index (Phi) is 6.01. The third-order valence-electron chi connectivity index (χ3n) is 9.24. The first-order chi connectivity index (χ1) is 23.8. The van der Waals surface area contributed by atoms with Gasteiger partial charge in [-0.3, -0.25) is 0 Å². The van der Waals surface area contributed by atoms with Crippen molar-refractivity contribution >= 4 is 64.1 Å². The van der Waals surface area contributed by atoms with Crippen molar-refractivity contribution in [2.45, 2.75) is 0 Å². The monoisotopic (exact) mass is 630 g/mol. The van der Waals surface area contributed by atoms with Crippen LogP contribution in [0.15, 0.2) is 158 Å². The van der Waals surface area contributed by atoms with E-state index in [-0.39, 0.29) is 0 Å². The van der Waals surface area contributed by atoms with Crippen LogP contribution in [0.5, 0.6) is 0 Å². The molecular formula is C43H26N4S. The fraction of sp³-hybridized carbons (Fsp3) is 0. The first-order valence-electron chi connectivity index (χ1n) is 16.0. The molecule has 0 aliphatic rings. The molecule has 5 heteroatoms. The first kappa shape index (κ1) is 27.0. The standard InChI is InChI=1S/C43H26N4S/c1-3-13-28(14-4-1)41-44-42(29-23-24-33-32-18-9-10-20-36(32)47(37(33)26-29)30-15-5-2-6-16-30)46-43(45-41)35-19-11-21-38-39(35)34-25-22-27-12-7-8-17-31(27)40(34)48-38/h1-26H. The Bertz CT molecular complexity index is 2830. The molecule has 0 aliphatic heterocycles. The van der Waals surface area contributed by atoms with Crippen molar-refractivity contribution in [2.75, 3.05) is 0 Å². The molecule has 7 aromatic carbocycles. The predicted octanol–water partition coefficient (Wildman–Crippen LogP) is 11.5. The van der Waals surface area contributed by atoms with Crippen molar-refractivity contribution in [3.8, 4) is 39.9 Å². The fourth-order valence-electron chi connectivity index (χ4n) is 7.05. The summed E-state index contributed by atoms with van der Waals surface area (Å²) in [5.74, 6) is 1.97. The Hall–Kier alpha value is -6.17. The minimum absolute atomic E-state index is 0.646. The molecule has 0 unspecified atom stereocenters. The minimum atomic E-state index is 0.646. The van der Waals surface area contributed by atoms with Gasteiger partial charge in [-0.05, 0) is 41.1 Å². The highest BCUT2D eigenvalue weighted by molar-refractivity contribution is 7.26. The van der Waals surface area contributed by atoms with Crippen molar-refractivity contribution in [1.29, 1.82) is 0 Å². The van der Waals surface area contributed by atoms with E-state index in [2.05, 4.69) is 144 Å². The maximum atomic E-state index is 5.23. The summed E-state index contributed by atoms with van der Waals surface area (Å²) in [5.41, 5.74) is 6.30. The van der Waals surface area contributed by atoms with E-state index >= 15 is 0 Å². The molecule has 0 atom stereocenters. The van der Waals surface area contributed by atoms with E-state index in [0.29, 0.717) is 17.5 Å². The number of nitrogens with zero attached hydrogens (tertiary/aromatic N) is 4. The van der Waals surface area contributed by atoms with Crippen LogP contribution in [-0.4, -0.2) is 19.5 Å². The number of para-hydroxylation sites is 2. The molecule has 3 heterocycles. The van der Waals surface area contributed by atoms with Crippen LogP contribution in [-0.2, 0) is 0 Å². The molecule has 0 fully saturated rings. The van der Waals surface area contributed by atoms with E-state index in [1.807, 2.05) is 29.5 Å². The molecular weight excluding hydrogens is 605 g/mol. The maximum absolute atomic E-state index is 5.23. The topological polar surface area (TPSA) is 43.6 Å². The second-order valence-electron chi connectivity index (χ2n) is 12.0. The summed E-state index contributed by atoms with van der Waals surface area (Å²) in [6.07, 6.45) is 0. The van der Waals surface area contributed by atoms with Gasteiger partial charge in [-0.15, -0.1) is 11.3 Å². The van der Waals surface area contributed by atoms with Gasteiger partial charge in [0.15, 0.2) is 17.5 Å². The number of aromatic nitrogens is 4. The molecule has 4 nitrogen and oxygen atoms in total. The minimum Gasteiger partial charge on any atom is -0.309 e. The Morgan fingerprint density at radius 1 is 0.438 bits per heavy atom. The fourth-order valence-corrected chi connectivity index (χ4v) is 8.31. The summed E-state index contributed by atoms with van der Waals surface area (Å²) in [7, 11) is 0. The molecule has 0 amide bonds. The largest absolute Gasteiger partial charge is 0.309 e. The van der Waals surface area contributed by atoms with Crippen molar-refractivity contribution < 1.29 is 0 Å². The Balaban J connectivity index is 1.24. The number of rotatable bonds is 4. The van der Waals surface area contributed by atoms with Crippen molar-refractivity contribution in [3.05, 3.63) is 158 Å². The van der Waals surface area contributed by atoms with E-state index < -0.39 is 0 Å². The Morgan fingerprint density at radius 2 is 1.10 bits per heavy atom. The average molecular weight is 631 g/mol. The van der Waals surface area contributed by atoms with Crippen LogP contribution in [0.1, 0.15) is 0 Å². The molecule has 0 N–H and O–H groups in total. The zero-order valence-corrected chi connectivity index (χ0v) is 26.5. The van der Waals surface area contributed by atoms with Gasteiger partial charge in [0.25, 0.3) is 0 Å². The summed E-state index contributed by atoms with van der Waals surface area (Å²) in [6.45, 7) is 0. The molecule has 0 aliphatic carbocycles. The van der Waals surface area contributed by atoms with Crippen LogP contribution in [0, 0.1) is 0 Å². The molecule has 0 saturated heterocycles. The van der Waals surface area contributed by atoms with Gasteiger partial charge in [0.05, 0.1) is 11.0 Å². The number of thiophene rings is 1. The molecule has 224 valence electrons. The third-order valence-corrected chi connectivity index (χ3v) is 10.4. The van der Waals surface area contributed by atoms with Gasteiger partial charge in [0.2, 0.25) is 0 Å². The second kappa shape index (κ2) is 10.7. The lowest BCUT2D eigenvalue weighted by molar-refractivity contribution is 1.08. The van der Waals surface area contributed by atoms with E-state index in [1.165, 1.54) is 47.2 Å². The normalized spacial score (nSPS) is 11.8. The van der Waals surface area contributed by atoms with Gasteiger partial charge in [-0.1, -0.05) is 127 Å². The SMILES string of the molecule is c1ccc(-c2nc(-c3ccc4c5ccccc5n(-c5ccccc5)c4c3)nc(-c3cccc4sc5c6ccccc6ccc5c34)n2)cc1. The van der Waals surface area contributed by atoms with Crippen molar-refractivity contribution in [2.24, 2.45) is 0 Å². The maximum Gasteiger partial charge on any atom is 0.164 e. The molecule has 0 bridgehead atoms. The van der Waals surface area contributed by atoms with E-state index in [9.17, 15) is 0 Å². The summed E-state index contributed by atoms with van der Waals surface area (Å²) >= 11 is 1.83. The lowest BCUT2D eigenvalue weighted by atomic mass is 10.0. The highest BCUT2D eigenvalue weighted by atomic mass is 32.1. The molecule has 10 rings (SSSR count). The Labute approximate surface area is 280 Å². The molecule has 48 heavy (non-hydrogen) atoms. The number of hydrogen-bond acceptors (Lipinski definition) is 4. The highest BCUT2D eigenvalue weighted by Crippen LogP contribution is 2.43. The van der Waals surface area contributed by atoms with Crippen LogP contribution < -0.4 is 0 Å². The third kappa shape index (κ3) is 4.18. The van der Waals surface area contributed by atoms with Gasteiger partial charge in [-0.2, -0.15) is 0 Å². The molecule has 0 spiro atoms. The van der Waals surface area contributed by atoms with Crippen LogP contribution in [0.2, 0.25) is 0 Å². The van der Waals surface area contributed by atoms with E-state index in [4.69, 9.17) is 15.0 Å². The molecule has 3 aromatic heterocycles. The quantitative estimate of drug-likeness (QED) is 0.194. The molecule has 0 saturated carbocycles. The van der Waals surface area contributed by atoms with Crippen molar-refractivity contribution in [1.82, 2.24) is 19.5 Å². The zero-order valence-electron chi connectivity index (χ0n) is 25.7.